The molecule has 4 heteroatoms. The van der Waals surface area contributed by atoms with Gasteiger partial charge in [-0.05, 0) is 24.6 Å². The highest BCUT2D eigenvalue weighted by Gasteiger charge is 2.06. The molecule has 13 heavy (non-hydrogen) atoms. The minimum absolute atomic E-state index is 0.113. The second-order valence-corrected chi connectivity index (χ2v) is 3.80. The second-order valence-electron chi connectivity index (χ2n) is 2.74. The van der Waals surface area contributed by atoms with Gasteiger partial charge in [0.2, 0.25) is 0 Å². The molecule has 0 aliphatic heterocycles. The standard InChI is InChI=1S/C9H11F2NS/c1-6(12)7-3-2-4-8(5-7)13-9(10)11/h2-6,9H,12H2,1H3. The molecule has 0 fully saturated rings. The lowest BCUT2D eigenvalue weighted by molar-refractivity contribution is 0.252. The van der Waals surface area contributed by atoms with E-state index in [-0.39, 0.29) is 6.04 Å². The van der Waals surface area contributed by atoms with E-state index in [9.17, 15) is 8.78 Å². The van der Waals surface area contributed by atoms with Crippen molar-refractivity contribution in [2.75, 3.05) is 0 Å². The minimum atomic E-state index is -2.37. The number of thioether (sulfide) groups is 1. The molecule has 0 aliphatic carbocycles. The first-order chi connectivity index (χ1) is 6.09. The molecule has 1 aromatic carbocycles. The fraction of sp³-hybridized carbons (Fsp3) is 0.333. The lowest BCUT2D eigenvalue weighted by Gasteiger charge is -2.07. The zero-order chi connectivity index (χ0) is 9.84. The predicted molar refractivity (Wildman–Crippen MR) is 50.9 cm³/mol. The monoisotopic (exact) mass is 203 g/mol. The van der Waals surface area contributed by atoms with Crippen molar-refractivity contribution in [1.82, 2.24) is 0 Å². The number of nitrogens with two attached hydrogens (primary N) is 1. The van der Waals surface area contributed by atoms with Gasteiger partial charge in [0.1, 0.15) is 0 Å². The Balaban J connectivity index is 2.79. The Morgan fingerprint density at radius 1 is 1.38 bits per heavy atom. The molecule has 1 nitrogen and oxygen atoms in total. The largest absolute Gasteiger partial charge is 0.324 e. The summed E-state index contributed by atoms with van der Waals surface area (Å²) in [5.41, 5.74) is 6.50. The van der Waals surface area contributed by atoms with Gasteiger partial charge >= 0.3 is 0 Å². The van der Waals surface area contributed by atoms with Gasteiger partial charge in [-0.1, -0.05) is 23.9 Å². The molecule has 72 valence electrons. The van der Waals surface area contributed by atoms with Gasteiger partial charge in [-0.2, -0.15) is 8.78 Å². The highest BCUT2D eigenvalue weighted by atomic mass is 32.2. The van der Waals surface area contributed by atoms with Crippen LogP contribution >= 0.6 is 11.8 Å². The number of halogens is 2. The van der Waals surface area contributed by atoms with Crippen LogP contribution in [0.2, 0.25) is 0 Å². The molecule has 0 aliphatic rings. The van der Waals surface area contributed by atoms with Crippen molar-refractivity contribution in [3.63, 3.8) is 0 Å². The topological polar surface area (TPSA) is 26.0 Å². The van der Waals surface area contributed by atoms with E-state index in [1.165, 1.54) is 0 Å². The quantitative estimate of drug-likeness (QED) is 0.764. The third-order valence-corrected chi connectivity index (χ3v) is 2.31. The van der Waals surface area contributed by atoms with Gasteiger partial charge < -0.3 is 5.73 Å². The van der Waals surface area contributed by atoms with Gasteiger partial charge in [0.05, 0.1) is 0 Å². The van der Waals surface area contributed by atoms with Gasteiger partial charge in [-0.15, -0.1) is 0 Å². The van der Waals surface area contributed by atoms with Gasteiger partial charge in [0, 0.05) is 10.9 Å². The Morgan fingerprint density at radius 3 is 2.62 bits per heavy atom. The zero-order valence-electron chi connectivity index (χ0n) is 7.21. The summed E-state index contributed by atoms with van der Waals surface area (Å²) in [6, 6.07) is 6.81. The second kappa shape index (κ2) is 4.58. The van der Waals surface area contributed by atoms with Crippen molar-refractivity contribution in [3.8, 4) is 0 Å². The molecule has 0 bridgehead atoms. The van der Waals surface area contributed by atoms with Crippen molar-refractivity contribution < 1.29 is 8.78 Å². The van der Waals surface area contributed by atoms with Crippen LogP contribution in [-0.4, -0.2) is 5.76 Å². The van der Waals surface area contributed by atoms with E-state index in [4.69, 9.17) is 5.73 Å². The van der Waals surface area contributed by atoms with Crippen LogP contribution in [-0.2, 0) is 0 Å². The van der Waals surface area contributed by atoms with E-state index in [1.54, 1.807) is 18.2 Å². The van der Waals surface area contributed by atoms with Crippen molar-refractivity contribution in [2.24, 2.45) is 5.73 Å². The lowest BCUT2D eigenvalue weighted by Crippen LogP contribution is -2.04. The molecule has 2 N–H and O–H groups in total. The number of hydrogen-bond acceptors (Lipinski definition) is 2. The van der Waals surface area contributed by atoms with Crippen molar-refractivity contribution in [1.29, 1.82) is 0 Å². The summed E-state index contributed by atoms with van der Waals surface area (Å²) in [7, 11) is 0. The Morgan fingerprint density at radius 2 is 2.08 bits per heavy atom. The minimum Gasteiger partial charge on any atom is -0.324 e. The summed E-state index contributed by atoms with van der Waals surface area (Å²) in [5, 5.41) is 0. The maximum absolute atomic E-state index is 12.0. The van der Waals surface area contributed by atoms with Crippen LogP contribution < -0.4 is 5.73 Å². The number of benzene rings is 1. The zero-order valence-corrected chi connectivity index (χ0v) is 8.02. The molecule has 1 aromatic rings. The number of hydrogen-bond donors (Lipinski definition) is 1. The van der Waals surface area contributed by atoms with Crippen LogP contribution in [0.15, 0.2) is 29.2 Å². The van der Waals surface area contributed by atoms with E-state index >= 15 is 0 Å². The Kier molecular flexibility index (Phi) is 3.69. The summed E-state index contributed by atoms with van der Waals surface area (Å²) >= 11 is 0.541. The van der Waals surface area contributed by atoms with Crippen molar-refractivity contribution >= 4 is 11.8 Å². The van der Waals surface area contributed by atoms with E-state index in [2.05, 4.69) is 0 Å². The normalized spacial score (nSPS) is 13.3. The molecule has 1 atom stereocenters. The van der Waals surface area contributed by atoms with Gasteiger partial charge in [-0.25, -0.2) is 0 Å². The summed E-state index contributed by atoms with van der Waals surface area (Å²) in [4.78, 5) is 0.560. The lowest BCUT2D eigenvalue weighted by atomic mass is 10.1. The molecule has 0 radical (unpaired) electrons. The van der Waals surface area contributed by atoms with Crippen LogP contribution in [0, 0.1) is 0 Å². The van der Waals surface area contributed by atoms with Crippen molar-refractivity contribution in [3.05, 3.63) is 29.8 Å². The molecule has 0 aromatic heterocycles. The molecule has 0 heterocycles. The van der Waals surface area contributed by atoms with Gasteiger partial charge in [-0.3, -0.25) is 0 Å². The van der Waals surface area contributed by atoms with E-state index in [0.29, 0.717) is 16.7 Å². The van der Waals surface area contributed by atoms with Crippen LogP contribution in [0.3, 0.4) is 0 Å². The van der Waals surface area contributed by atoms with Crippen LogP contribution in [0.5, 0.6) is 0 Å². The summed E-state index contributed by atoms with van der Waals surface area (Å²) in [6.07, 6.45) is 0. The molecule has 1 unspecified atom stereocenters. The first kappa shape index (κ1) is 10.5. The Hall–Kier alpha value is -0.610. The smallest absolute Gasteiger partial charge is 0.288 e. The maximum Gasteiger partial charge on any atom is 0.288 e. The number of rotatable bonds is 3. The van der Waals surface area contributed by atoms with E-state index in [0.717, 1.165) is 5.56 Å². The molecule has 1 rings (SSSR count). The highest BCUT2D eigenvalue weighted by Crippen LogP contribution is 2.26. The van der Waals surface area contributed by atoms with E-state index in [1.807, 2.05) is 13.0 Å². The molecule has 0 spiro atoms. The predicted octanol–water partition coefficient (Wildman–Crippen LogP) is 3.02. The summed E-state index contributed by atoms with van der Waals surface area (Å²) < 4.78 is 24.0. The fourth-order valence-electron chi connectivity index (χ4n) is 0.974. The molecule has 0 saturated carbocycles. The van der Waals surface area contributed by atoms with Crippen LogP contribution in [0.25, 0.3) is 0 Å². The third kappa shape index (κ3) is 3.32. The first-order valence-electron chi connectivity index (χ1n) is 3.90. The summed E-state index contributed by atoms with van der Waals surface area (Å²) in [5.74, 6) is -2.37. The highest BCUT2D eigenvalue weighted by molar-refractivity contribution is 7.99. The molecular weight excluding hydrogens is 192 g/mol. The Bertz CT molecular complexity index is 276. The Labute approximate surface area is 80.3 Å². The third-order valence-electron chi connectivity index (χ3n) is 1.61. The van der Waals surface area contributed by atoms with E-state index < -0.39 is 5.76 Å². The SMILES string of the molecule is CC(N)c1cccc(SC(F)F)c1. The van der Waals surface area contributed by atoms with Gasteiger partial charge in [0.15, 0.2) is 0 Å². The number of alkyl halides is 2. The first-order valence-corrected chi connectivity index (χ1v) is 4.78. The molecular formula is C9H11F2NS. The average molecular weight is 203 g/mol. The van der Waals surface area contributed by atoms with Crippen LogP contribution in [0.1, 0.15) is 18.5 Å². The maximum atomic E-state index is 12.0. The fourth-order valence-corrected chi connectivity index (χ4v) is 1.54. The average Bonchev–Trinajstić information content (AvgIpc) is 2.03. The van der Waals surface area contributed by atoms with Gasteiger partial charge in [0.25, 0.3) is 5.76 Å². The van der Waals surface area contributed by atoms with Crippen LogP contribution in [0.4, 0.5) is 8.78 Å². The molecule has 0 amide bonds. The molecule has 0 saturated heterocycles. The summed E-state index contributed by atoms with van der Waals surface area (Å²) in [6.45, 7) is 1.83. The van der Waals surface area contributed by atoms with Crippen molar-refractivity contribution in [2.45, 2.75) is 23.6 Å².